The van der Waals surface area contributed by atoms with Crippen LogP contribution >= 0.6 is 34.8 Å². The Morgan fingerprint density at radius 1 is 1.00 bits per heavy atom. The number of nitrogens with zero attached hydrogens (tertiary/aromatic N) is 1. The van der Waals surface area contributed by atoms with Gasteiger partial charge in [0.25, 0.3) is 5.91 Å². The van der Waals surface area contributed by atoms with Gasteiger partial charge in [-0.25, -0.2) is 4.98 Å². The monoisotopic (exact) mass is 446 g/mol. The van der Waals surface area contributed by atoms with Crippen molar-refractivity contribution in [2.24, 2.45) is 0 Å². The molecule has 0 spiro atoms. The molecule has 0 aliphatic heterocycles. The number of methoxy groups -OCH3 is 1. The molecule has 5 nitrogen and oxygen atoms in total. The number of hydrogen-bond acceptors (Lipinski definition) is 4. The molecule has 8 heteroatoms. The number of halogens is 3. The summed E-state index contributed by atoms with van der Waals surface area (Å²) >= 11 is 18.4. The summed E-state index contributed by atoms with van der Waals surface area (Å²) in [5.41, 5.74) is 2.67. The van der Waals surface area contributed by atoms with Gasteiger partial charge in [0.2, 0.25) is 5.89 Å². The summed E-state index contributed by atoms with van der Waals surface area (Å²) in [6.07, 6.45) is 0. The van der Waals surface area contributed by atoms with Gasteiger partial charge in [-0.2, -0.15) is 0 Å². The molecule has 4 rings (SSSR count). The Balaban J connectivity index is 1.64. The highest BCUT2D eigenvalue weighted by Crippen LogP contribution is 2.33. The minimum absolute atomic E-state index is 0.327. The molecule has 0 atom stereocenters. The summed E-state index contributed by atoms with van der Waals surface area (Å²) in [6.45, 7) is 0. The molecule has 0 fully saturated rings. The standard InChI is InChI=1S/C21H13Cl3N2O3/c1-28-18-6-2-11(8-16(18)24)20(27)25-13-4-5-15(23)14(10-13)21-26-17-9-12(22)3-7-19(17)29-21/h2-10H,1H3,(H,25,27). The van der Waals surface area contributed by atoms with Gasteiger partial charge in [-0.3, -0.25) is 4.79 Å². The fraction of sp³-hybridized carbons (Fsp3) is 0.0476. The Hall–Kier alpha value is -2.73. The van der Waals surface area contributed by atoms with Crippen molar-refractivity contribution in [3.05, 3.63) is 75.2 Å². The maximum Gasteiger partial charge on any atom is 0.255 e. The zero-order valence-corrected chi connectivity index (χ0v) is 17.3. The first kappa shape index (κ1) is 19.6. The molecule has 146 valence electrons. The van der Waals surface area contributed by atoms with E-state index in [2.05, 4.69) is 10.3 Å². The number of rotatable bonds is 4. The molecule has 1 N–H and O–H groups in total. The summed E-state index contributed by atoms with van der Waals surface area (Å²) in [5, 5.41) is 4.16. The van der Waals surface area contributed by atoms with Crippen LogP contribution in [0, 0.1) is 0 Å². The molecule has 1 amide bonds. The zero-order chi connectivity index (χ0) is 20.5. The Morgan fingerprint density at radius 3 is 2.59 bits per heavy atom. The lowest BCUT2D eigenvalue weighted by Crippen LogP contribution is -2.12. The van der Waals surface area contributed by atoms with Crippen LogP contribution in [0.4, 0.5) is 5.69 Å². The van der Waals surface area contributed by atoms with Crippen molar-refractivity contribution in [3.8, 4) is 17.2 Å². The number of ether oxygens (including phenoxy) is 1. The molecular formula is C21H13Cl3N2O3. The average Bonchev–Trinajstić information content (AvgIpc) is 3.12. The quantitative estimate of drug-likeness (QED) is 0.377. The highest BCUT2D eigenvalue weighted by molar-refractivity contribution is 6.33. The van der Waals surface area contributed by atoms with Crippen LogP contribution in [0.1, 0.15) is 10.4 Å². The Morgan fingerprint density at radius 2 is 1.83 bits per heavy atom. The molecule has 0 saturated heterocycles. The van der Waals surface area contributed by atoms with Crippen LogP contribution in [-0.4, -0.2) is 18.0 Å². The SMILES string of the molecule is COc1ccc(C(=O)Nc2ccc(Cl)c(-c3nc4cc(Cl)ccc4o3)c2)cc1Cl. The molecule has 29 heavy (non-hydrogen) atoms. The van der Waals surface area contributed by atoms with E-state index in [1.54, 1.807) is 48.5 Å². The van der Waals surface area contributed by atoms with Gasteiger partial charge < -0.3 is 14.5 Å². The average molecular weight is 448 g/mol. The predicted molar refractivity (Wildman–Crippen MR) is 115 cm³/mol. The van der Waals surface area contributed by atoms with Crippen LogP contribution in [-0.2, 0) is 0 Å². The molecule has 0 unspecified atom stereocenters. The fourth-order valence-electron chi connectivity index (χ4n) is 2.79. The Labute approximate surface area is 181 Å². The molecular weight excluding hydrogens is 435 g/mol. The second-order valence-electron chi connectivity index (χ2n) is 6.13. The molecule has 0 radical (unpaired) electrons. The third kappa shape index (κ3) is 4.03. The van der Waals surface area contributed by atoms with E-state index in [9.17, 15) is 4.79 Å². The van der Waals surface area contributed by atoms with Gasteiger partial charge in [-0.15, -0.1) is 0 Å². The number of oxazole rings is 1. The number of fused-ring (bicyclic) bond motifs is 1. The van der Waals surface area contributed by atoms with Crippen molar-refractivity contribution in [3.63, 3.8) is 0 Å². The lowest BCUT2D eigenvalue weighted by molar-refractivity contribution is 0.102. The van der Waals surface area contributed by atoms with E-state index in [0.717, 1.165) is 0 Å². The normalized spacial score (nSPS) is 10.9. The van der Waals surface area contributed by atoms with Crippen molar-refractivity contribution in [2.75, 3.05) is 12.4 Å². The number of carbonyl (C=O) groups is 1. The van der Waals surface area contributed by atoms with Crippen LogP contribution in [0.25, 0.3) is 22.6 Å². The Bertz CT molecular complexity index is 1240. The first-order chi connectivity index (χ1) is 13.9. The number of amides is 1. The van der Waals surface area contributed by atoms with Gasteiger partial charge in [0, 0.05) is 16.3 Å². The van der Waals surface area contributed by atoms with Gasteiger partial charge in [0.05, 0.1) is 22.7 Å². The third-order valence-electron chi connectivity index (χ3n) is 4.22. The van der Waals surface area contributed by atoms with Gasteiger partial charge >= 0.3 is 0 Å². The van der Waals surface area contributed by atoms with Gasteiger partial charge in [-0.1, -0.05) is 34.8 Å². The fourth-order valence-corrected chi connectivity index (χ4v) is 3.42. The molecule has 1 aromatic heterocycles. The van der Waals surface area contributed by atoms with E-state index < -0.39 is 0 Å². The largest absolute Gasteiger partial charge is 0.495 e. The van der Waals surface area contributed by atoms with Crippen molar-refractivity contribution in [2.45, 2.75) is 0 Å². The maximum atomic E-state index is 12.6. The summed E-state index contributed by atoms with van der Waals surface area (Å²) in [5.74, 6) is 0.496. The zero-order valence-electron chi connectivity index (χ0n) is 15.0. The van der Waals surface area contributed by atoms with Crippen molar-refractivity contribution in [1.82, 2.24) is 4.98 Å². The van der Waals surface area contributed by atoms with Crippen molar-refractivity contribution >= 4 is 57.5 Å². The second-order valence-corrected chi connectivity index (χ2v) is 7.38. The summed E-state index contributed by atoms with van der Waals surface area (Å²) in [7, 11) is 1.51. The van der Waals surface area contributed by atoms with Gasteiger partial charge in [0.15, 0.2) is 5.58 Å². The number of nitrogens with one attached hydrogen (secondary N) is 1. The second kappa shape index (κ2) is 7.95. The van der Waals surface area contributed by atoms with Crippen LogP contribution < -0.4 is 10.1 Å². The minimum atomic E-state index is -0.327. The first-order valence-corrected chi connectivity index (χ1v) is 9.59. The maximum absolute atomic E-state index is 12.6. The molecule has 1 heterocycles. The molecule has 0 aliphatic rings. The van der Waals surface area contributed by atoms with E-state index in [-0.39, 0.29) is 5.91 Å². The predicted octanol–water partition coefficient (Wildman–Crippen LogP) is 6.72. The Kier molecular flexibility index (Phi) is 5.37. The van der Waals surface area contributed by atoms with Gasteiger partial charge in [-0.05, 0) is 54.6 Å². The molecule has 3 aromatic carbocycles. The number of benzene rings is 3. The van der Waals surface area contributed by atoms with Crippen LogP contribution in [0.5, 0.6) is 5.75 Å². The van der Waals surface area contributed by atoms with Crippen molar-refractivity contribution in [1.29, 1.82) is 0 Å². The van der Waals surface area contributed by atoms with E-state index in [0.29, 0.717) is 54.6 Å². The van der Waals surface area contributed by atoms with E-state index in [1.807, 2.05) is 0 Å². The molecule has 0 saturated carbocycles. The number of hydrogen-bond donors (Lipinski definition) is 1. The summed E-state index contributed by atoms with van der Waals surface area (Å²) < 4.78 is 10.9. The number of anilines is 1. The summed E-state index contributed by atoms with van der Waals surface area (Å²) in [4.78, 5) is 17.0. The lowest BCUT2D eigenvalue weighted by atomic mass is 10.1. The minimum Gasteiger partial charge on any atom is -0.495 e. The van der Waals surface area contributed by atoms with E-state index >= 15 is 0 Å². The van der Waals surface area contributed by atoms with Crippen molar-refractivity contribution < 1.29 is 13.9 Å². The smallest absolute Gasteiger partial charge is 0.255 e. The van der Waals surface area contributed by atoms with Crippen LogP contribution in [0.15, 0.2) is 59.0 Å². The number of carbonyl (C=O) groups excluding carboxylic acids is 1. The van der Waals surface area contributed by atoms with E-state index in [1.165, 1.54) is 13.2 Å². The van der Waals surface area contributed by atoms with Crippen LogP contribution in [0.2, 0.25) is 15.1 Å². The lowest BCUT2D eigenvalue weighted by Gasteiger charge is -2.09. The third-order valence-corrected chi connectivity index (χ3v) is 5.08. The summed E-state index contributed by atoms with van der Waals surface area (Å²) in [6, 6.07) is 15.0. The molecule has 4 aromatic rings. The molecule has 0 aliphatic carbocycles. The molecule has 0 bridgehead atoms. The highest BCUT2D eigenvalue weighted by atomic mass is 35.5. The van der Waals surface area contributed by atoms with Gasteiger partial charge in [0.1, 0.15) is 11.3 Å². The van der Waals surface area contributed by atoms with Crippen LogP contribution in [0.3, 0.4) is 0 Å². The highest BCUT2D eigenvalue weighted by Gasteiger charge is 2.15. The first-order valence-electron chi connectivity index (χ1n) is 8.45. The van der Waals surface area contributed by atoms with E-state index in [4.69, 9.17) is 44.0 Å². The topological polar surface area (TPSA) is 64.4 Å². The number of aromatic nitrogens is 1.